The number of thioether (sulfide) groups is 1. The number of hydrazine groups is 1. The van der Waals surface area contributed by atoms with Crippen molar-refractivity contribution in [3.63, 3.8) is 0 Å². The Morgan fingerprint density at radius 2 is 2.33 bits per heavy atom. The zero-order valence-corrected chi connectivity index (χ0v) is 11.3. The topological polar surface area (TPSA) is 38.0 Å². The van der Waals surface area contributed by atoms with Crippen LogP contribution in [0.25, 0.3) is 0 Å². The van der Waals surface area contributed by atoms with E-state index in [4.69, 9.17) is 5.84 Å². The van der Waals surface area contributed by atoms with Crippen molar-refractivity contribution in [2.24, 2.45) is 5.84 Å². The number of nitrogens with two attached hydrogens (primary N) is 1. The Hall–Kier alpha value is -0.0300. The standard InChI is InChI=1S/C11H17BrN2S/c1-15-6-5-11(14-13)8-9-3-2-4-10(12)7-9/h2-4,7,11,14H,5-6,8,13H2,1H3. The van der Waals surface area contributed by atoms with Gasteiger partial charge in [-0.25, -0.2) is 0 Å². The fourth-order valence-electron chi connectivity index (χ4n) is 1.45. The maximum Gasteiger partial charge on any atom is 0.0258 e. The zero-order chi connectivity index (χ0) is 11.1. The minimum Gasteiger partial charge on any atom is -0.271 e. The van der Waals surface area contributed by atoms with Gasteiger partial charge in [-0.2, -0.15) is 11.8 Å². The summed E-state index contributed by atoms with van der Waals surface area (Å²) in [6.07, 6.45) is 4.20. The van der Waals surface area contributed by atoms with E-state index in [0.29, 0.717) is 6.04 Å². The third kappa shape index (κ3) is 5.02. The van der Waals surface area contributed by atoms with Gasteiger partial charge in [0.2, 0.25) is 0 Å². The largest absolute Gasteiger partial charge is 0.271 e. The molecule has 0 spiro atoms. The van der Waals surface area contributed by atoms with E-state index >= 15 is 0 Å². The number of rotatable bonds is 6. The van der Waals surface area contributed by atoms with Crippen molar-refractivity contribution < 1.29 is 0 Å². The highest BCUT2D eigenvalue weighted by molar-refractivity contribution is 9.10. The Bertz CT molecular complexity index is 294. The molecule has 1 atom stereocenters. The Balaban J connectivity index is 2.50. The first-order valence-electron chi connectivity index (χ1n) is 4.95. The molecule has 0 radical (unpaired) electrons. The molecular weight excluding hydrogens is 272 g/mol. The van der Waals surface area contributed by atoms with Crippen LogP contribution in [0.1, 0.15) is 12.0 Å². The monoisotopic (exact) mass is 288 g/mol. The number of hydrogen-bond acceptors (Lipinski definition) is 3. The lowest BCUT2D eigenvalue weighted by Crippen LogP contribution is -2.37. The number of halogens is 1. The molecule has 2 nitrogen and oxygen atoms in total. The minimum absolute atomic E-state index is 0.367. The van der Waals surface area contributed by atoms with Gasteiger partial charge in [0.05, 0.1) is 0 Å². The molecule has 0 amide bonds. The second kappa shape index (κ2) is 7.28. The van der Waals surface area contributed by atoms with Crippen molar-refractivity contribution in [2.45, 2.75) is 18.9 Å². The van der Waals surface area contributed by atoms with Gasteiger partial charge < -0.3 is 0 Å². The first-order chi connectivity index (χ1) is 7.26. The molecule has 1 rings (SSSR count). The predicted molar refractivity (Wildman–Crippen MR) is 72.0 cm³/mol. The van der Waals surface area contributed by atoms with E-state index in [9.17, 15) is 0 Å². The summed E-state index contributed by atoms with van der Waals surface area (Å²) in [5, 5.41) is 0. The van der Waals surface area contributed by atoms with Crippen molar-refractivity contribution in [3.05, 3.63) is 34.3 Å². The third-order valence-corrected chi connectivity index (χ3v) is 3.41. The maximum absolute atomic E-state index is 5.53. The van der Waals surface area contributed by atoms with E-state index in [2.05, 4.69) is 45.8 Å². The van der Waals surface area contributed by atoms with Crippen molar-refractivity contribution in [1.82, 2.24) is 5.43 Å². The molecule has 4 heteroatoms. The summed E-state index contributed by atoms with van der Waals surface area (Å²) in [4.78, 5) is 0. The minimum atomic E-state index is 0.367. The Kier molecular flexibility index (Phi) is 6.32. The van der Waals surface area contributed by atoms with Crippen LogP contribution in [-0.4, -0.2) is 18.1 Å². The SMILES string of the molecule is CSCCC(Cc1cccc(Br)c1)NN. The molecule has 0 saturated heterocycles. The van der Waals surface area contributed by atoms with E-state index < -0.39 is 0 Å². The van der Waals surface area contributed by atoms with Gasteiger partial charge in [-0.1, -0.05) is 28.1 Å². The number of hydrogen-bond donors (Lipinski definition) is 2. The lowest BCUT2D eigenvalue weighted by atomic mass is 10.0. The van der Waals surface area contributed by atoms with E-state index in [1.54, 1.807) is 0 Å². The lowest BCUT2D eigenvalue weighted by Gasteiger charge is -2.15. The Morgan fingerprint density at radius 3 is 2.93 bits per heavy atom. The molecular formula is C11H17BrN2S. The van der Waals surface area contributed by atoms with E-state index in [1.165, 1.54) is 5.56 Å². The average molecular weight is 289 g/mol. The van der Waals surface area contributed by atoms with Crippen LogP contribution >= 0.6 is 27.7 Å². The average Bonchev–Trinajstić information content (AvgIpc) is 2.24. The smallest absolute Gasteiger partial charge is 0.0258 e. The van der Waals surface area contributed by atoms with Gasteiger partial charge in [-0.05, 0) is 42.5 Å². The first kappa shape index (κ1) is 13.0. The summed E-state index contributed by atoms with van der Waals surface area (Å²) >= 11 is 5.33. The fraction of sp³-hybridized carbons (Fsp3) is 0.455. The molecule has 1 unspecified atom stereocenters. The van der Waals surface area contributed by atoms with E-state index in [0.717, 1.165) is 23.1 Å². The van der Waals surface area contributed by atoms with Crippen LogP contribution in [0.4, 0.5) is 0 Å². The van der Waals surface area contributed by atoms with Crippen LogP contribution in [0.5, 0.6) is 0 Å². The van der Waals surface area contributed by atoms with Crippen molar-refractivity contribution in [2.75, 3.05) is 12.0 Å². The molecule has 15 heavy (non-hydrogen) atoms. The van der Waals surface area contributed by atoms with Crippen LogP contribution in [0.2, 0.25) is 0 Å². The fourth-order valence-corrected chi connectivity index (χ4v) is 2.42. The molecule has 1 aromatic carbocycles. The maximum atomic E-state index is 5.53. The van der Waals surface area contributed by atoms with Crippen LogP contribution in [-0.2, 0) is 6.42 Å². The zero-order valence-electron chi connectivity index (χ0n) is 8.87. The summed E-state index contributed by atoms with van der Waals surface area (Å²) in [6, 6.07) is 8.74. The normalized spacial score (nSPS) is 12.7. The highest BCUT2D eigenvalue weighted by atomic mass is 79.9. The highest BCUT2D eigenvalue weighted by Gasteiger charge is 2.07. The quantitative estimate of drug-likeness (QED) is 0.624. The van der Waals surface area contributed by atoms with Gasteiger partial charge in [0, 0.05) is 10.5 Å². The van der Waals surface area contributed by atoms with Gasteiger partial charge in [-0.15, -0.1) is 0 Å². The molecule has 0 aromatic heterocycles. The second-order valence-corrected chi connectivity index (χ2v) is 5.38. The number of benzene rings is 1. The van der Waals surface area contributed by atoms with Gasteiger partial charge in [0.15, 0.2) is 0 Å². The second-order valence-electron chi connectivity index (χ2n) is 3.48. The van der Waals surface area contributed by atoms with Crippen LogP contribution in [0.15, 0.2) is 28.7 Å². The van der Waals surface area contributed by atoms with Gasteiger partial charge >= 0.3 is 0 Å². The molecule has 0 bridgehead atoms. The molecule has 0 fully saturated rings. The molecule has 0 aliphatic heterocycles. The lowest BCUT2D eigenvalue weighted by molar-refractivity contribution is 0.514. The summed E-state index contributed by atoms with van der Waals surface area (Å²) < 4.78 is 1.13. The molecule has 0 heterocycles. The van der Waals surface area contributed by atoms with E-state index in [1.807, 2.05) is 17.8 Å². The molecule has 3 N–H and O–H groups in total. The summed E-state index contributed by atoms with van der Waals surface area (Å²) in [5.74, 6) is 6.67. The van der Waals surface area contributed by atoms with Gasteiger partial charge in [0.25, 0.3) is 0 Å². The molecule has 84 valence electrons. The summed E-state index contributed by atoms with van der Waals surface area (Å²) in [7, 11) is 0. The van der Waals surface area contributed by atoms with Crippen LogP contribution in [0, 0.1) is 0 Å². The highest BCUT2D eigenvalue weighted by Crippen LogP contribution is 2.14. The van der Waals surface area contributed by atoms with Crippen molar-refractivity contribution in [1.29, 1.82) is 0 Å². The third-order valence-electron chi connectivity index (χ3n) is 2.28. The molecule has 0 aliphatic carbocycles. The van der Waals surface area contributed by atoms with Crippen molar-refractivity contribution >= 4 is 27.7 Å². The first-order valence-corrected chi connectivity index (χ1v) is 7.14. The summed E-state index contributed by atoms with van der Waals surface area (Å²) in [6.45, 7) is 0. The molecule has 1 aromatic rings. The van der Waals surface area contributed by atoms with Crippen molar-refractivity contribution in [3.8, 4) is 0 Å². The Morgan fingerprint density at radius 1 is 1.53 bits per heavy atom. The predicted octanol–water partition coefficient (Wildman–Crippen LogP) is 2.58. The van der Waals surface area contributed by atoms with Gasteiger partial charge in [0.1, 0.15) is 0 Å². The van der Waals surface area contributed by atoms with Crippen LogP contribution in [0.3, 0.4) is 0 Å². The Labute approximate surface area is 104 Å². The van der Waals surface area contributed by atoms with Crippen LogP contribution < -0.4 is 11.3 Å². The number of nitrogens with one attached hydrogen (secondary N) is 1. The molecule has 0 aliphatic rings. The molecule has 0 saturated carbocycles. The summed E-state index contributed by atoms with van der Waals surface area (Å²) in [5.41, 5.74) is 4.19. The van der Waals surface area contributed by atoms with Gasteiger partial charge in [-0.3, -0.25) is 11.3 Å². The van der Waals surface area contributed by atoms with E-state index in [-0.39, 0.29) is 0 Å².